The Morgan fingerprint density at radius 1 is 1.39 bits per heavy atom. The number of hydrogen-bond acceptors (Lipinski definition) is 4. The number of methoxy groups -OCH3 is 1. The highest BCUT2D eigenvalue weighted by Gasteiger charge is 2.31. The van der Waals surface area contributed by atoms with E-state index in [1.54, 1.807) is 0 Å². The molecule has 0 unspecified atom stereocenters. The van der Waals surface area contributed by atoms with Gasteiger partial charge in [0, 0.05) is 6.54 Å². The van der Waals surface area contributed by atoms with E-state index in [2.05, 4.69) is 15.4 Å². The zero-order valence-corrected chi connectivity index (χ0v) is 10.2. The number of rotatable bonds is 3. The Hall–Kier alpha value is -1.88. The van der Waals surface area contributed by atoms with Crippen molar-refractivity contribution in [2.75, 3.05) is 13.7 Å². The molecule has 2 N–H and O–H groups in total. The van der Waals surface area contributed by atoms with E-state index in [1.807, 2.05) is 30.3 Å². The van der Waals surface area contributed by atoms with Gasteiger partial charge in [-0.2, -0.15) is 0 Å². The van der Waals surface area contributed by atoms with Crippen LogP contribution in [0.15, 0.2) is 30.3 Å². The molecule has 0 aliphatic carbocycles. The largest absolute Gasteiger partial charge is 0.467 e. The van der Waals surface area contributed by atoms with Crippen molar-refractivity contribution in [2.45, 2.75) is 18.5 Å². The molecule has 1 aromatic rings. The third kappa shape index (κ3) is 2.87. The Labute approximate surface area is 106 Å². The molecule has 0 spiro atoms. The van der Waals surface area contributed by atoms with Gasteiger partial charge in [-0.3, -0.25) is 4.79 Å². The van der Waals surface area contributed by atoms with Crippen molar-refractivity contribution >= 4 is 11.9 Å². The molecule has 1 fully saturated rings. The molecule has 1 saturated heterocycles. The minimum Gasteiger partial charge on any atom is -0.467 e. The number of amides is 1. The van der Waals surface area contributed by atoms with Crippen LogP contribution in [-0.4, -0.2) is 37.6 Å². The van der Waals surface area contributed by atoms with E-state index in [4.69, 9.17) is 0 Å². The molecule has 96 valence electrons. The fourth-order valence-corrected chi connectivity index (χ4v) is 1.98. The van der Waals surface area contributed by atoms with Gasteiger partial charge in [0.15, 0.2) is 0 Å². The predicted molar refractivity (Wildman–Crippen MR) is 65.9 cm³/mol. The van der Waals surface area contributed by atoms with Gasteiger partial charge < -0.3 is 15.4 Å². The van der Waals surface area contributed by atoms with Crippen LogP contribution in [0.3, 0.4) is 0 Å². The number of nitrogens with one attached hydrogen (secondary N) is 2. The van der Waals surface area contributed by atoms with Gasteiger partial charge in [0.2, 0.25) is 5.91 Å². The summed E-state index contributed by atoms with van der Waals surface area (Å²) in [6.07, 6.45) is 0.612. The Bertz CT molecular complexity index is 433. The topological polar surface area (TPSA) is 67.4 Å². The summed E-state index contributed by atoms with van der Waals surface area (Å²) in [5.74, 6) is -0.588. The molecule has 5 nitrogen and oxygen atoms in total. The number of hydrogen-bond donors (Lipinski definition) is 2. The van der Waals surface area contributed by atoms with Crippen molar-refractivity contribution in [1.29, 1.82) is 0 Å². The molecule has 18 heavy (non-hydrogen) atoms. The first-order chi connectivity index (χ1) is 8.70. The van der Waals surface area contributed by atoms with E-state index in [1.165, 1.54) is 7.11 Å². The molecule has 1 aliphatic rings. The highest BCUT2D eigenvalue weighted by atomic mass is 16.5. The van der Waals surface area contributed by atoms with Gasteiger partial charge in [0.25, 0.3) is 0 Å². The summed E-state index contributed by atoms with van der Waals surface area (Å²) in [6, 6.07) is 8.87. The Morgan fingerprint density at radius 3 is 2.72 bits per heavy atom. The fourth-order valence-electron chi connectivity index (χ4n) is 1.98. The van der Waals surface area contributed by atoms with Gasteiger partial charge in [-0.15, -0.1) is 0 Å². The molecule has 0 radical (unpaired) electrons. The Balaban J connectivity index is 1.94. The van der Waals surface area contributed by atoms with Crippen LogP contribution in [0, 0.1) is 0 Å². The first-order valence-electron chi connectivity index (χ1n) is 5.86. The molecule has 1 amide bonds. The zero-order chi connectivity index (χ0) is 13.0. The number of carbonyl (C=O) groups is 2. The van der Waals surface area contributed by atoms with Crippen LogP contribution in [0.4, 0.5) is 0 Å². The van der Waals surface area contributed by atoms with E-state index in [9.17, 15) is 9.59 Å². The summed E-state index contributed by atoms with van der Waals surface area (Å²) in [4.78, 5) is 23.1. The van der Waals surface area contributed by atoms with Gasteiger partial charge in [-0.25, -0.2) is 4.79 Å². The Kier molecular flexibility index (Phi) is 3.94. The van der Waals surface area contributed by atoms with Crippen molar-refractivity contribution < 1.29 is 14.3 Å². The van der Waals surface area contributed by atoms with Crippen LogP contribution < -0.4 is 10.6 Å². The summed E-state index contributed by atoms with van der Waals surface area (Å²) < 4.78 is 4.60. The lowest BCUT2D eigenvalue weighted by Gasteiger charge is -2.28. The zero-order valence-electron chi connectivity index (χ0n) is 10.2. The second-order valence-corrected chi connectivity index (χ2v) is 4.23. The predicted octanol–water partition coefficient (Wildman–Crippen LogP) is -0.141. The van der Waals surface area contributed by atoms with Crippen LogP contribution in [0.1, 0.15) is 5.56 Å². The minimum atomic E-state index is -0.588. The van der Waals surface area contributed by atoms with Crippen LogP contribution >= 0.6 is 0 Å². The normalized spacial score (nSPS) is 23.3. The average molecular weight is 248 g/mol. The van der Waals surface area contributed by atoms with E-state index >= 15 is 0 Å². The van der Waals surface area contributed by atoms with E-state index in [-0.39, 0.29) is 11.9 Å². The van der Waals surface area contributed by atoms with Crippen LogP contribution in [0.2, 0.25) is 0 Å². The van der Waals surface area contributed by atoms with Crippen molar-refractivity contribution in [3.05, 3.63) is 35.9 Å². The molecule has 2 atom stereocenters. The fraction of sp³-hybridized carbons (Fsp3) is 0.385. The SMILES string of the molecule is COC(=O)[C@H]1CN[C@H](Cc2ccccc2)C(=O)N1. The summed E-state index contributed by atoms with van der Waals surface area (Å²) in [5, 5.41) is 5.73. The van der Waals surface area contributed by atoms with E-state index in [0.29, 0.717) is 13.0 Å². The van der Waals surface area contributed by atoms with Gasteiger partial charge in [0.1, 0.15) is 6.04 Å². The number of ether oxygens (including phenoxy) is 1. The lowest BCUT2D eigenvalue weighted by Crippen LogP contribution is -2.61. The van der Waals surface area contributed by atoms with Crippen molar-refractivity contribution in [2.24, 2.45) is 0 Å². The molecule has 1 aromatic carbocycles. The maximum atomic E-state index is 11.8. The summed E-state index contributed by atoms with van der Waals surface area (Å²) in [5.41, 5.74) is 1.08. The molecule has 0 saturated carbocycles. The van der Waals surface area contributed by atoms with Crippen molar-refractivity contribution in [3.63, 3.8) is 0 Å². The standard InChI is InChI=1S/C13H16N2O3/c1-18-13(17)11-8-14-10(12(16)15-11)7-9-5-3-2-4-6-9/h2-6,10-11,14H,7-8H2,1H3,(H,15,16)/t10-,11-/m1/s1. The third-order valence-corrected chi connectivity index (χ3v) is 2.97. The molecule has 1 aliphatic heterocycles. The highest BCUT2D eigenvalue weighted by molar-refractivity contribution is 5.89. The first kappa shape index (κ1) is 12.6. The monoisotopic (exact) mass is 248 g/mol. The highest BCUT2D eigenvalue weighted by Crippen LogP contribution is 2.06. The average Bonchev–Trinajstić information content (AvgIpc) is 2.41. The second kappa shape index (κ2) is 5.64. The maximum Gasteiger partial charge on any atom is 0.329 e. The summed E-state index contributed by atoms with van der Waals surface area (Å²) in [6.45, 7) is 0.399. The molecular weight excluding hydrogens is 232 g/mol. The number of carbonyl (C=O) groups excluding carboxylic acids is 2. The smallest absolute Gasteiger partial charge is 0.329 e. The van der Waals surface area contributed by atoms with E-state index < -0.39 is 12.0 Å². The van der Waals surface area contributed by atoms with E-state index in [0.717, 1.165) is 5.56 Å². The van der Waals surface area contributed by atoms with Crippen LogP contribution in [-0.2, 0) is 20.7 Å². The van der Waals surface area contributed by atoms with Gasteiger partial charge in [-0.05, 0) is 12.0 Å². The van der Waals surface area contributed by atoms with Crippen LogP contribution in [0.5, 0.6) is 0 Å². The number of benzene rings is 1. The molecule has 0 bridgehead atoms. The molecule has 2 rings (SSSR count). The quantitative estimate of drug-likeness (QED) is 0.731. The van der Waals surface area contributed by atoms with Crippen molar-refractivity contribution in [3.8, 4) is 0 Å². The molecule has 0 aromatic heterocycles. The van der Waals surface area contributed by atoms with Gasteiger partial charge >= 0.3 is 5.97 Å². The van der Waals surface area contributed by atoms with Gasteiger partial charge in [-0.1, -0.05) is 30.3 Å². The number of esters is 1. The maximum absolute atomic E-state index is 11.8. The Morgan fingerprint density at radius 2 is 2.11 bits per heavy atom. The lowest BCUT2D eigenvalue weighted by molar-refractivity contribution is -0.146. The summed E-state index contributed by atoms with van der Waals surface area (Å²) in [7, 11) is 1.31. The molecule has 1 heterocycles. The lowest BCUT2D eigenvalue weighted by atomic mass is 10.0. The number of piperazine rings is 1. The minimum absolute atomic E-state index is 0.166. The first-order valence-corrected chi connectivity index (χ1v) is 5.86. The second-order valence-electron chi connectivity index (χ2n) is 4.23. The van der Waals surface area contributed by atoms with Crippen LogP contribution in [0.25, 0.3) is 0 Å². The van der Waals surface area contributed by atoms with Gasteiger partial charge in [0.05, 0.1) is 13.2 Å². The molecule has 5 heteroatoms. The molecular formula is C13H16N2O3. The summed E-state index contributed by atoms with van der Waals surface area (Å²) >= 11 is 0. The van der Waals surface area contributed by atoms with Crippen molar-refractivity contribution in [1.82, 2.24) is 10.6 Å². The third-order valence-electron chi connectivity index (χ3n) is 2.97.